The van der Waals surface area contributed by atoms with Crippen LogP contribution in [0.2, 0.25) is 10.0 Å². The van der Waals surface area contributed by atoms with Gasteiger partial charge in [0.15, 0.2) is 0 Å². The highest BCUT2D eigenvalue weighted by atomic mass is 35.5. The summed E-state index contributed by atoms with van der Waals surface area (Å²) < 4.78 is 10.8. The molecule has 1 aliphatic rings. The lowest BCUT2D eigenvalue weighted by atomic mass is 9.99. The summed E-state index contributed by atoms with van der Waals surface area (Å²) in [6.45, 7) is 5.35. The van der Waals surface area contributed by atoms with Gasteiger partial charge < -0.3 is 25.0 Å². The van der Waals surface area contributed by atoms with Gasteiger partial charge in [-0.3, -0.25) is 9.79 Å². The SMILES string of the molecule is CCN(C)CCNc1ccc(C(=O)NC2=NCc3cc(-c4c(Cl)c(OC)cc(OC)c4Cl)ccc32)cc1. The molecule has 0 fully saturated rings. The third kappa shape index (κ3) is 5.85. The molecule has 4 rings (SSSR count). The molecule has 1 aliphatic heterocycles. The standard InChI is InChI=1S/C28H30Cl2N4O3/c1-5-34(2)13-12-31-20-9-6-17(7-10-20)28(35)33-27-21-11-8-18(14-19(21)16-32-27)24-25(29)22(36-3)15-23(37-4)26(24)30/h6-11,14-15,31H,5,12-13,16H2,1-4H3,(H,32,33,35). The number of anilines is 1. The molecule has 0 aliphatic carbocycles. The maximum Gasteiger partial charge on any atom is 0.256 e. The van der Waals surface area contributed by atoms with Gasteiger partial charge in [-0.2, -0.15) is 0 Å². The Balaban J connectivity index is 1.47. The van der Waals surface area contributed by atoms with Crippen molar-refractivity contribution < 1.29 is 14.3 Å². The first-order valence-electron chi connectivity index (χ1n) is 12.0. The topological polar surface area (TPSA) is 75.2 Å². The zero-order valence-electron chi connectivity index (χ0n) is 21.3. The molecule has 7 nitrogen and oxygen atoms in total. The molecular formula is C28H30Cl2N4O3. The average Bonchev–Trinajstić information content (AvgIpc) is 3.31. The van der Waals surface area contributed by atoms with E-state index in [-0.39, 0.29) is 5.91 Å². The van der Waals surface area contributed by atoms with E-state index in [9.17, 15) is 4.79 Å². The molecule has 0 bridgehead atoms. The Labute approximate surface area is 227 Å². The van der Waals surface area contributed by atoms with E-state index in [0.29, 0.717) is 45.1 Å². The minimum absolute atomic E-state index is 0.212. The smallest absolute Gasteiger partial charge is 0.256 e. The lowest BCUT2D eigenvalue weighted by Gasteiger charge is -2.16. The summed E-state index contributed by atoms with van der Waals surface area (Å²) in [7, 11) is 5.17. The molecule has 37 heavy (non-hydrogen) atoms. The number of amidine groups is 1. The van der Waals surface area contributed by atoms with Crippen LogP contribution in [0.3, 0.4) is 0 Å². The third-order valence-electron chi connectivity index (χ3n) is 6.37. The van der Waals surface area contributed by atoms with E-state index in [4.69, 9.17) is 32.7 Å². The molecule has 3 aromatic carbocycles. The highest BCUT2D eigenvalue weighted by molar-refractivity contribution is 6.41. The van der Waals surface area contributed by atoms with E-state index in [1.807, 2.05) is 30.3 Å². The van der Waals surface area contributed by atoms with Crippen LogP contribution in [0.5, 0.6) is 11.5 Å². The molecule has 1 heterocycles. The highest BCUT2D eigenvalue weighted by Crippen LogP contribution is 2.46. The van der Waals surface area contributed by atoms with Gasteiger partial charge >= 0.3 is 0 Å². The number of ether oxygens (including phenoxy) is 2. The van der Waals surface area contributed by atoms with Crippen molar-refractivity contribution in [3.05, 3.63) is 75.3 Å². The van der Waals surface area contributed by atoms with Gasteiger partial charge in [-0.25, -0.2) is 0 Å². The predicted octanol–water partition coefficient (Wildman–Crippen LogP) is 5.73. The van der Waals surface area contributed by atoms with E-state index >= 15 is 0 Å². The van der Waals surface area contributed by atoms with E-state index in [1.54, 1.807) is 32.4 Å². The second-order valence-electron chi connectivity index (χ2n) is 8.67. The minimum atomic E-state index is -0.212. The number of methoxy groups -OCH3 is 2. The number of aliphatic imine (C=N–C) groups is 1. The summed E-state index contributed by atoms with van der Waals surface area (Å²) in [6.07, 6.45) is 0. The first-order chi connectivity index (χ1) is 17.9. The number of rotatable bonds is 9. The summed E-state index contributed by atoms with van der Waals surface area (Å²) in [6, 6.07) is 14.9. The molecule has 0 aromatic heterocycles. The Morgan fingerprint density at radius 2 is 1.70 bits per heavy atom. The molecule has 0 radical (unpaired) electrons. The third-order valence-corrected chi connectivity index (χ3v) is 7.12. The van der Waals surface area contributed by atoms with Crippen molar-refractivity contribution in [2.24, 2.45) is 4.99 Å². The molecular weight excluding hydrogens is 511 g/mol. The second kappa shape index (κ2) is 11.9. The maximum absolute atomic E-state index is 12.9. The van der Waals surface area contributed by atoms with Gasteiger partial charge in [0, 0.05) is 41.5 Å². The number of benzene rings is 3. The fraction of sp³-hybridized carbons (Fsp3) is 0.286. The number of carbonyl (C=O) groups excluding carboxylic acids is 1. The van der Waals surface area contributed by atoms with Crippen LogP contribution in [-0.4, -0.2) is 57.5 Å². The van der Waals surface area contributed by atoms with Crippen LogP contribution in [0.25, 0.3) is 11.1 Å². The average molecular weight is 541 g/mol. The van der Waals surface area contributed by atoms with E-state index in [2.05, 4.69) is 34.5 Å². The lowest BCUT2D eigenvalue weighted by molar-refractivity contribution is 0.0977. The Morgan fingerprint density at radius 1 is 1.03 bits per heavy atom. The van der Waals surface area contributed by atoms with Crippen molar-refractivity contribution >= 4 is 40.6 Å². The molecule has 194 valence electrons. The predicted molar refractivity (Wildman–Crippen MR) is 151 cm³/mol. The Kier molecular flexibility index (Phi) is 8.59. The van der Waals surface area contributed by atoms with Crippen LogP contribution in [0.1, 0.15) is 28.4 Å². The van der Waals surface area contributed by atoms with Crippen molar-refractivity contribution in [2.45, 2.75) is 13.5 Å². The Morgan fingerprint density at radius 3 is 2.32 bits per heavy atom. The van der Waals surface area contributed by atoms with Crippen molar-refractivity contribution in [3.8, 4) is 22.6 Å². The van der Waals surface area contributed by atoms with Gasteiger partial charge in [0.2, 0.25) is 0 Å². The van der Waals surface area contributed by atoms with Gasteiger partial charge in [0.1, 0.15) is 17.3 Å². The Hall–Kier alpha value is -3.26. The van der Waals surface area contributed by atoms with Crippen LogP contribution in [0.4, 0.5) is 5.69 Å². The zero-order chi connectivity index (χ0) is 26.5. The number of nitrogens with zero attached hydrogens (tertiary/aromatic N) is 2. The quantitative estimate of drug-likeness (QED) is 0.362. The molecule has 3 aromatic rings. The van der Waals surface area contributed by atoms with E-state index in [0.717, 1.165) is 42.0 Å². The van der Waals surface area contributed by atoms with Crippen LogP contribution >= 0.6 is 23.2 Å². The number of likely N-dealkylation sites (N-methyl/N-ethyl adjacent to an activating group) is 1. The largest absolute Gasteiger partial charge is 0.495 e. The molecule has 0 saturated heterocycles. The summed E-state index contributed by atoms with van der Waals surface area (Å²) in [5, 5.41) is 7.12. The molecule has 2 N–H and O–H groups in total. The van der Waals surface area contributed by atoms with Gasteiger partial charge in [-0.15, -0.1) is 0 Å². The fourth-order valence-electron chi connectivity index (χ4n) is 4.07. The lowest BCUT2D eigenvalue weighted by Crippen LogP contribution is -2.30. The zero-order valence-corrected chi connectivity index (χ0v) is 22.8. The maximum atomic E-state index is 12.9. The van der Waals surface area contributed by atoms with Crippen molar-refractivity contribution in [2.75, 3.05) is 46.2 Å². The number of halogens is 2. The molecule has 0 spiro atoms. The number of carbonyl (C=O) groups is 1. The highest BCUT2D eigenvalue weighted by Gasteiger charge is 2.23. The monoisotopic (exact) mass is 540 g/mol. The summed E-state index contributed by atoms with van der Waals surface area (Å²) in [4.78, 5) is 19.7. The second-order valence-corrected chi connectivity index (χ2v) is 9.43. The summed E-state index contributed by atoms with van der Waals surface area (Å²) in [5.74, 6) is 1.27. The number of hydrogen-bond acceptors (Lipinski definition) is 6. The van der Waals surface area contributed by atoms with Crippen LogP contribution in [-0.2, 0) is 6.54 Å². The van der Waals surface area contributed by atoms with Crippen LogP contribution in [0.15, 0.2) is 53.5 Å². The molecule has 0 unspecified atom stereocenters. The Bertz CT molecular complexity index is 1300. The van der Waals surface area contributed by atoms with Crippen molar-refractivity contribution in [3.63, 3.8) is 0 Å². The van der Waals surface area contributed by atoms with Crippen LogP contribution < -0.4 is 20.1 Å². The van der Waals surface area contributed by atoms with Gasteiger partial charge in [-0.05, 0) is 55.1 Å². The summed E-state index contributed by atoms with van der Waals surface area (Å²) >= 11 is 13.2. The normalized spacial score (nSPS) is 12.2. The van der Waals surface area contributed by atoms with E-state index in [1.165, 1.54) is 0 Å². The number of amides is 1. The molecule has 0 saturated carbocycles. The van der Waals surface area contributed by atoms with Crippen molar-refractivity contribution in [1.29, 1.82) is 0 Å². The van der Waals surface area contributed by atoms with Crippen molar-refractivity contribution in [1.82, 2.24) is 10.2 Å². The number of fused-ring (bicyclic) bond motifs is 1. The van der Waals surface area contributed by atoms with Gasteiger partial charge in [-0.1, -0.05) is 42.3 Å². The first-order valence-corrected chi connectivity index (χ1v) is 12.7. The van der Waals surface area contributed by atoms with Gasteiger partial charge in [0.25, 0.3) is 5.91 Å². The fourth-order valence-corrected chi connectivity index (χ4v) is 4.79. The molecule has 1 amide bonds. The van der Waals surface area contributed by atoms with Crippen LogP contribution in [0, 0.1) is 0 Å². The van der Waals surface area contributed by atoms with Gasteiger partial charge in [0.05, 0.1) is 30.8 Å². The first kappa shape index (κ1) is 26.8. The molecule has 9 heteroatoms. The minimum Gasteiger partial charge on any atom is -0.495 e. The number of nitrogens with one attached hydrogen (secondary N) is 2. The molecule has 0 atom stereocenters. The number of hydrogen-bond donors (Lipinski definition) is 2. The summed E-state index contributed by atoms with van der Waals surface area (Å²) in [5.41, 5.74) is 4.78. The van der Waals surface area contributed by atoms with E-state index < -0.39 is 0 Å².